The third kappa shape index (κ3) is 5.07. The fourth-order valence-electron chi connectivity index (χ4n) is 6.52. The van der Waals surface area contributed by atoms with E-state index in [9.17, 15) is 14.3 Å². The predicted molar refractivity (Wildman–Crippen MR) is 178 cm³/mol. The van der Waals surface area contributed by atoms with Crippen LogP contribution in [0.25, 0.3) is 54.8 Å². The quantitative estimate of drug-likeness (QED) is 0.202. The third-order valence-electron chi connectivity index (χ3n) is 8.67. The van der Waals surface area contributed by atoms with Crippen molar-refractivity contribution >= 4 is 38.4 Å². The first-order chi connectivity index (χ1) is 22.6. The summed E-state index contributed by atoms with van der Waals surface area (Å²) in [6.45, 7) is 11.4. The van der Waals surface area contributed by atoms with Crippen molar-refractivity contribution in [1.82, 2.24) is 29.4 Å². The number of carbonyl (C=O) groups excluding carboxylic acids is 1. The molecule has 248 valence electrons. The minimum absolute atomic E-state index is 0.0181. The van der Waals surface area contributed by atoms with Crippen molar-refractivity contribution in [3.63, 3.8) is 0 Å². The summed E-state index contributed by atoms with van der Waals surface area (Å²) in [5, 5.41) is 22.6. The minimum Gasteiger partial charge on any atom is -0.507 e. The van der Waals surface area contributed by atoms with Crippen LogP contribution in [-0.4, -0.2) is 52.8 Å². The number of hydrogen-bond acceptors (Lipinski definition) is 7. The Morgan fingerprint density at radius 3 is 2.48 bits per heavy atom. The number of carbonyl (C=O) groups is 1. The maximum absolute atomic E-state index is 16.0. The van der Waals surface area contributed by atoms with E-state index in [0.717, 1.165) is 34.0 Å². The van der Waals surface area contributed by atoms with Gasteiger partial charge in [0.25, 0.3) is 0 Å². The molecule has 2 aromatic carbocycles. The van der Waals surface area contributed by atoms with Gasteiger partial charge < -0.3 is 9.84 Å². The Morgan fingerprint density at radius 2 is 1.77 bits per heavy atom. The molecule has 6 aromatic rings. The fraction of sp³-hybridized carbons (Fsp3) is 0.314. The van der Waals surface area contributed by atoms with Gasteiger partial charge >= 0.3 is 6.09 Å². The predicted octanol–water partition coefficient (Wildman–Crippen LogP) is 8.68. The zero-order chi connectivity index (χ0) is 34.4. The number of benzene rings is 2. The van der Waals surface area contributed by atoms with Crippen molar-refractivity contribution in [3.05, 3.63) is 70.6 Å². The van der Waals surface area contributed by atoms with Gasteiger partial charge in [-0.3, -0.25) is 14.3 Å². The maximum Gasteiger partial charge on any atom is 0.410 e. The number of aromatic nitrogens is 5. The van der Waals surface area contributed by atoms with Crippen molar-refractivity contribution in [2.45, 2.75) is 59.2 Å². The van der Waals surface area contributed by atoms with E-state index in [0.29, 0.717) is 34.3 Å². The number of rotatable bonds is 3. The van der Waals surface area contributed by atoms with Gasteiger partial charge in [-0.2, -0.15) is 10.2 Å². The van der Waals surface area contributed by atoms with Crippen LogP contribution in [0.4, 0.5) is 18.0 Å². The second-order valence-corrected chi connectivity index (χ2v) is 14.1. The zero-order valence-electron chi connectivity index (χ0n) is 27.4. The standard InChI is InChI=1S/C35H33F3N6O3S/c1-16-14-43(34(46)47-35(4,5)6)18(3)25-13-24(41-44(16)25)32-30(28-22(37)11-20(36)12-27(28)45)29-23(38)15-48-33(29)31(39-32)19-8-9-21-17(2)40-42(7)26(21)10-19/h8-13,15-16,18,45H,14H2,1-7H3/t16-,18+/m0/s1. The summed E-state index contributed by atoms with van der Waals surface area (Å²) in [7, 11) is 1.83. The van der Waals surface area contributed by atoms with Gasteiger partial charge in [-0.15, -0.1) is 11.3 Å². The molecule has 9 nitrogen and oxygen atoms in total. The zero-order valence-corrected chi connectivity index (χ0v) is 28.2. The highest BCUT2D eigenvalue weighted by Gasteiger charge is 2.37. The highest BCUT2D eigenvalue weighted by atomic mass is 32.1. The largest absolute Gasteiger partial charge is 0.507 e. The van der Waals surface area contributed by atoms with Crippen LogP contribution in [0.15, 0.2) is 41.8 Å². The SMILES string of the molecule is Cc1nn(C)c2cc(-c3nc(-c4cc5n(n4)[C@@H](C)CN(C(=O)OC(C)(C)C)[C@@H]5C)c(-c4c(O)cc(F)cc4F)c4c(F)csc34)ccc12. The lowest BCUT2D eigenvalue weighted by Crippen LogP contribution is -2.45. The summed E-state index contributed by atoms with van der Waals surface area (Å²) in [4.78, 5) is 19.8. The van der Waals surface area contributed by atoms with Crippen molar-refractivity contribution in [1.29, 1.82) is 0 Å². The number of phenols is 1. The van der Waals surface area contributed by atoms with Crippen LogP contribution in [0.2, 0.25) is 0 Å². The molecular formula is C35H33F3N6O3S. The molecule has 13 heteroatoms. The summed E-state index contributed by atoms with van der Waals surface area (Å²) in [5.41, 5.74) is 2.63. The van der Waals surface area contributed by atoms with E-state index >= 15 is 8.78 Å². The van der Waals surface area contributed by atoms with Crippen LogP contribution in [0.3, 0.4) is 0 Å². The van der Waals surface area contributed by atoms with Gasteiger partial charge in [0.15, 0.2) is 0 Å². The van der Waals surface area contributed by atoms with Crippen LogP contribution in [-0.2, 0) is 11.8 Å². The van der Waals surface area contributed by atoms with Gasteiger partial charge in [-0.1, -0.05) is 12.1 Å². The smallest absolute Gasteiger partial charge is 0.410 e. The molecule has 48 heavy (non-hydrogen) atoms. The lowest BCUT2D eigenvalue weighted by molar-refractivity contribution is 0.00865. The molecule has 0 saturated heterocycles. The molecule has 0 unspecified atom stereocenters. The van der Waals surface area contributed by atoms with Crippen molar-refractivity contribution in [3.8, 4) is 39.5 Å². The molecule has 0 spiro atoms. The van der Waals surface area contributed by atoms with Gasteiger partial charge in [-0.05, 0) is 53.7 Å². The lowest BCUT2D eigenvalue weighted by atomic mass is 9.94. The average Bonchev–Trinajstić information content (AvgIpc) is 3.69. The van der Waals surface area contributed by atoms with E-state index in [1.807, 2.05) is 46.0 Å². The summed E-state index contributed by atoms with van der Waals surface area (Å²) in [6, 6.07) is 8.12. The Balaban J connectivity index is 1.50. The van der Waals surface area contributed by atoms with E-state index in [4.69, 9.17) is 14.8 Å². The van der Waals surface area contributed by atoms with Gasteiger partial charge in [0.1, 0.15) is 40.2 Å². The molecule has 0 saturated carbocycles. The van der Waals surface area contributed by atoms with Crippen molar-refractivity contribution in [2.75, 3.05) is 6.54 Å². The highest BCUT2D eigenvalue weighted by Crippen LogP contribution is 2.48. The average molecular weight is 675 g/mol. The normalized spacial score (nSPS) is 16.6. The lowest BCUT2D eigenvalue weighted by Gasteiger charge is -2.38. The number of pyridine rings is 1. The Morgan fingerprint density at radius 1 is 1.02 bits per heavy atom. The highest BCUT2D eigenvalue weighted by molar-refractivity contribution is 7.17. The van der Waals surface area contributed by atoms with Crippen molar-refractivity contribution in [2.24, 2.45) is 7.05 Å². The topological polar surface area (TPSA) is 98.3 Å². The van der Waals surface area contributed by atoms with Gasteiger partial charge in [0, 0.05) is 53.0 Å². The first-order valence-electron chi connectivity index (χ1n) is 15.4. The molecule has 1 aliphatic rings. The molecule has 1 N–H and O–H groups in total. The molecule has 5 heterocycles. The summed E-state index contributed by atoms with van der Waals surface area (Å²) in [6.07, 6.45) is -0.474. The Hall–Kier alpha value is -4.91. The van der Waals surface area contributed by atoms with E-state index in [1.165, 1.54) is 5.38 Å². The van der Waals surface area contributed by atoms with Crippen LogP contribution >= 0.6 is 11.3 Å². The first kappa shape index (κ1) is 31.7. The molecular weight excluding hydrogens is 641 g/mol. The molecule has 7 rings (SSSR count). The van der Waals surface area contributed by atoms with Gasteiger partial charge in [-0.25, -0.2) is 22.9 Å². The van der Waals surface area contributed by atoms with E-state index in [1.54, 1.807) is 41.1 Å². The maximum atomic E-state index is 16.0. The monoisotopic (exact) mass is 674 g/mol. The number of phenolic OH excluding ortho intramolecular Hbond substituents is 1. The first-order valence-corrected chi connectivity index (χ1v) is 16.3. The molecule has 0 aliphatic carbocycles. The summed E-state index contributed by atoms with van der Waals surface area (Å²) < 4.78 is 55.5. The summed E-state index contributed by atoms with van der Waals surface area (Å²) in [5.74, 6) is -3.42. The van der Waals surface area contributed by atoms with E-state index < -0.39 is 46.5 Å². The van der Waals surface area contributed by atoms with Gasteiger partial charge in [0.2, 0.25) is 0 Å². The minimum atomic E-state index is -1.08. The molecule has 0 radical (unpaired) electrons. The Bertz CT molecular complexity index is 2260. The van der Waals surface area contributed by atoms with Crippen LogP contribution in [0, 0.1) is 24.4 Å². The number of amides is 1. The third-order valence-corrected chi connectivity index (χ3v) is 9.63. The number of halogens is 3. The molecule has 4 aromatic heterocycles. The Labute approximate surface area is 278 Å². The Kier molecular flexibility index (Phi) is 7.31. The number of ether oxygens (including phenoxy) is 1. The van der Waals surface area contributed by atoms with E-state index in [-0.39, 0.29) is 28.4 Å². The number of hydrogen-bond donors (Lipinski definition) is 1. The summed E-state index contributed by atoms with van der Waals surface area (Å²) >= 11 is 1.09. The molecule has 0 fully saturated rings. The van der Waals surface area contributed by atoms with Crippen LogP contribution in [0.1, 0.15) is 58.1 Å². The van der Waals surface area contributed by atoms with Gasteiger partial charge in [0.05, 0.1) is 44.9 Å². The number of fused-ring (bicyclic) bond motifs is 3. The van der Waals surface area contributed by atoms with Crippen molar-refractivity contribution < 1.29 is 27.8 Å². The molecule has 2 atom stereocenters. The molecule has 1 aliphatic heterocycles. The molecule has 1 amide bonds. The fourth-order valence-corrected chi connectivity index (χ4v) is 7.45. The van der Waals surface area contributed by atoms with E-state index in [2.05, 4.69) is 5.10 Å². The number of nitrogens with zero attached hydrogens (tertiary/aromatic N) is 6. The molecule has 0 bridgehead atoms. The van der Waals surface area contributed by atoms with Crippen LogP contribution < -0.4 is 0 Å². The number of aromatic hydroxyl groups is 1. The number of thiophene rings is 1. The second-order valence-electron chi connectivity index (χ2n) is 13.3. The van der Waals surface area contributed by atoms with Crippen LogP contribution in [0.5, 0.6) is 5.75 Å². The number of aryl methyl sites for hydroxylation is 2. The second kappa shape index (κ2) is 11.1.